The molecule has 2 amide bonds. The number of aliphatic carboxylic acids is 1. The van der Waals surface area contributed by atoms with Crippen LogP contribution in [0.25, 0.3) is 0 Å². The van der Waals surface area contributed by atoms with Gasteiger partial charge in [0.05, 0.1) is 6.42 Å². The summed E-state index contributed by atoms with van der Waals surface area (Å²) < 4.78 is 5.24. The lowest BCUT2D eigenvalue weighted by Gasteiger charge is -2.26. The Labute approximate surface area is 156 Å². The first-order chi connectivity index (χ1) is 12.5. The lowest BCUT2D eigenvalue weighted by atomic mass is 10.1. The van der Waals surface area contributed by atoms with Gasteiger partial charge in [-0.25, -0.2) is 4.79 Å². The van der Waals surface area contributed by atoms with E-state index in [1.807, 2.05) is 28.8 Å². The van der Waals surface area contributed by atoms with E-state index in [2.05, 4.69) is 5.32 Å². The van der Waals surface area contributed by atoms with Crippen LogP contribution in [0.2, 0.25) is 0 Å². The molecule has 1 aromatic rings. The van der Waals surface area contributed by atoms with Gasteiger partial charge in [0.2, 0.25) is 5.91 Å². The van der Waals surface area contributed by atoms with Crippen LogP contribution in [-0.4, -0.2) is 64.6 Å². The van der Waals surface area contributed by atoms with Gasteiger partial charge >= 0.3 is 5.97 Å². The second kappa shape index (κ2) is 8.55. The van der Waals surface area contributed by atoms with Crippen LogP contribution < -0.4 is 5.32 Å². The van der Waals surface area contributed by atoms with E-state index in [1.165, 1.54) is 0 Å². The summed E-state index contributed by atoms with van der Waals surface area (Å²) in [4.78, 5) is 37.2. The molecule has 0 saturated carbocycles. The summed E-state index contributed by atoms with van der Waals surface area (Å²) in [5.41, 5.74) is 1.50. The van der Waals surface area contributed by atoms with Gasteiger partial charge < -0.3 is 20.1 Å². The van der Waals surface area contributed by atoms with Gasteiger partial charge in [0, 0.05) is 30.3 Å². The van der Waals surface area contributed by atoms with Gasteiger partial charge in [-0.2, -0.15) is 11.8 Å². The minimum Gasteiger partial charge on any atom is -0.479 e. The summed E-state index contributed by atoms with van der Waals surface area (Å²) in [6, 6.07) is 7.13. The van der Waals surface area contributed by atoms with E-state index in [4.69, 9.17) is 9.84 Å². The molecule has 2 fully saturated rings. The Bertz CT molecular complexity index is 673. The largest absolute Gasteiger partial charge is 0.479 e. The van der Waals surface area contributed by atoms with Gasteiger partial charge in [0.1, 0.15) is 6.10 Å². The van der Waals surface area contributed by atoms with Crippen LogP contribution in [0.5, 0.6) is 0 Å². The highest BCUT2D eigenvalue weighted by atomic mass is 32.2. The first-order valence-electron chi connectivity index (χ1n) is 8.66. The highest BCUT2D eigenvalue weighted by Gasteiger charge is 2.34. The Morgan fingerprint density at radius 1 is 1.12 bits per heavy atom. The molecule has 0 bridgehead atoms. The van der Waals surface area contributed by atoms with Crippen LogP contribution in [0, 0.1) is 0 Å². The topological polar surface area (TPSA) is 95.9 Å². The molecule has 0 aromatic heterocycles. The predicted molar refractivity (Wildman–Crippen MR) is 98.2 cm³/mol. The Balaban J connectivity index is 1.50. The molecule has 140 valence electrons. The molecule has 2 aliphatic heterocycles. The minimum atomic E-state index is -1.04. The van der Waals surface area contributed by atoms with Crippen molar-refractivity contribution in [1.82, 2.24) is 4.90 Å². The number of rotatable bonds is 5. The fourth-order valence-corrected chi connectivity index (χ4v) is 3.94. The Morgan fingerprint density at radius 3 is 2.38 bits per heavy atom. The van der Waals surface area contributed by atoms with Crippen molar-refractivity contribution < 1.29 is 24.2 Å². The zero-order valence-corrected chi connectivity index (χ0v) is 15.2. The van der Waals surface area contributed by atoms with Crippen molar-refractivity contribution >= 4 is 35.2 Å². The van der Waals surface area contributed by atoms with E-state index in [-0.39, 0.29) is 11.8 Å². The number of carbonyl (C=O) groups is 3. The van der Waals surface area contributed by atoms with Crippen molar-refractivity contribution in [3.05, 3.63) is 29.8 Å². The number of amides is 2. The standard InChI is InChI=1S/C18H22N2O5S/c21-16(20-7-9-26-10-8-20)11-12-1-3-13(4-2-12)19-17(22)14-5-6-15(25-14)18(23)24/h1-4,14-15H,5-11H2,(H,19,22)(H,23,24)/t14-,15+/m0/s1. The number of carboxylic acid groups (broad SMARTS) is 1. The third-order valence-electron chi connectivity index (χ3n) is 4.53. The van der Waals surface area contributed by atoms with Gasteiger partial charge in [0.25, 0.3) is 5.91 Å². The van der Waals surface area contributed by atoms with E-state index in [9.17, 15) is 14.4 Å². The Morgan fingerprint density at radius 2 is 1.77 bits per heavy atom. The fourth-order valence-electron chi connectivity index (χ4n) is 3.04. The number of thioether (sulfide) groups is 1. The summed E-state index contributed by atoms with van der Waals surface area (Å²) in [5.74, 6) is 0.719. The number of hydrogen-bond acceptors (Lipinski definition) is 5. The number of carbonyl (C=O) groups excluding carboxylic acids is 2. The van der Waals surface area contributed by atoms with Crippen molar-refractivity contribution in [3.8, 4) is 0 Å². The monoisotopic (exact) mass is 378 g/mol. The zero-order chi connectivity index (χ0) is 18.5. The number of anilines is 1. The summed E-state index contributed by atoms with van der Waals surface area (Å²) in [7, 11) is 0. The lowest BCUT2D eigenvalue weighted by Crippen LogP contribution is -2.38. The van der Waals surface area contributed by atoms with Gasteiger partial charge in [-0.15, -0.1) is 0 Å². The number of hydrogen-bond donors (Lipinski definition) is 2. The first-order valence-corrected chi connectivity index (χ1v) is 9.82. The van der Waals surface area contributed by atoms with Crippen molar-refractivity contribution in [3.63, 3.8) is 0 Å². The van der Waals surface area contributed by atoms with Crippen molar-refractivity contribution in [2.75, 3.05) is 29.9 Å². The summed E-state index contributed by atoms with van der Waals surface area (Å²) in [5, 5.41) is 11.6. The van der Waals surface area contributed by atoms with E-state index in [0.717, 1.165) is 30.2 Å². The highest BCUT2D eigenvalue weighted by Crippen LogP contribution is 2.21. The van der Waals surface area contributed by atoms with E-state index in [1.54, 1.807) is 12.1 Å². The van der Waals surface area contributed by atoms with Crippen LogP contribution >= 0.6 is 11.8 Å². The third-order valence-corrected chi connectivity index (χ3v) is 5.47. The molecule has 0 aliphatic carbocycles. The molecular formula is C18H22N2O5S. The number of nitrogens with one attached hydrogen (secondary N) is 1. The summed E-state index contributed by atoms with van der Waals surface area (Å²) in [6.07, 6.45) is -0.570. The fraction of sp³-hybridized carbons (Fsp3) is 0.500. The van der Waals surface area contributed by atoms with Crippen molar-refractivity contribution in [2.24, 2.45) is 0 Å². The van der Waals surface area contributed by atoms with Crippen LogP contribution in [-0.2, 0) is 25.5 Å². The smallest absolute Gasteiger partial charge is 0.332 e. The Hall–Kier alpha value is -2.06. The Kier molecular flexibility index (Phi) is 6.16. The van der Waals surface area contributed by atoms with Crippen LogP contribution in [0.1, 0.15) is 18.4 Å². The molecule has 0 unspecified atom stereocenters. The van der Waals surface area contributed by atoms with E-state index < -0.39 is 18.2 Å². The molecule has 0 spiro atoms. The molecule has 3 rings (SSSR count). The van der Waals surface area contributed by atoms with Gasteiger partial charge in [-0.05, 0) is 30.5 Å². The van der Waals surface area contributed by atoms with Crippen molar-refractivity contribution in [1.29, 1.82) is 0 Å². The van der Waals surface area contributed by atoms with Crippen LogP contribution in [0.4, 0.5) is 5.69 Å². The highest BCUT2D eigenvalue weighted by molar-refractivity contribution is 7.99. The second-order valence-electron chi connectivity index (χ2n) is 6.39. The molecule has 2 N–H and O–H groups in total. The maximum absolute atomic E-state index is 12.3. The average Bonchev–Trinajstić information content (AvgIpc) is 3.15. The maximum atomic E-state index is 12.3. The molecular weight excluding hydrogens is 356 g/mol. The lowest BCUT2D eigenvalue weighted by molar-refractivity contribution is -0.150. The molecule has 1 aromatic carbocycles. The maximum Gasteiger partial charge on any atom is 0.332 e. The molecule has 26 heavy (non-hydrogen) atoms. The zero-order valence-electron chi connectivity index (χ0n) is 14.3. The van der Waals surface area contributed by atoms with Gasteiger partial charge in [0.15, 0.2) is 6.10 Å². The van der Waals surface area contributed by atoms with Gasteiger partial charge in [-0.1, -0.05) is 12.1 Å². The predicted octanol–water partition coefficient (Wildman–Crippen LogP) is 1.38. The number of carboxylic acids is 1. The van der Waals surface area contributed by atoms with Crippen LogP contribution in [0.3, 0.4) is 0 Å². The first kappa shape index (κ1) is 18.7. The summed E-state index contributed by atoms with van der Waals surface area (Å²) in [6.45, 7) is 1.60. The van der Waals surface area contributed by atoms with E-state index in [0.29, 0.717) is 24.9 Å². The molecule has 7 nitrogen and oxygen atoms in total. The summed E-state index contributed by atoms with van der Waals surface area (Å²) >= 11 is 1.87. The normalized spacial score (nSPS) is 22.8. The number of ether oxygens (including phenoxy) is 1. The molecule has 8 heteroatoms. The molecule has 0 radical (unpaired) electrons. The molecule has 2 atom stereocenters. The number of nitrogens with zero attached hydrogens (tertiary/aromatic N) is 1. The van der Waals surface area contributed by atoms with E-state index >= 15 is 0 Å². The number of benzene rings is 1. The molecule has 2 saturated heterocycles. The third kappa shape index (κ3) is 4.76. The van der Waals surface area contributed by atoms with Crippen LogP contribution in [0.15, 0.2) is 24.3 Å². The quantitative estimate of drug-likeness (QED) is 0.804. The van der Waals surface area contributed by atoms with Gasteiger partial charge in [-0.3, -0.25) is 9.59 Å². The second-order valence-corrected chi connectivity index (χ2v) is 7.61. The minimum absolute atomic E-state index is 0.126. The van der Waals surface area contributed by atoms with Crippen molar-refractivity contribution in [2.45, 2.75) is 31.5 Å². The average molecular weight is 378 g/mol. The molecule has 2 heterocycles. The SMILES string of the molecule is O=C(Nc1ccc(CC(=O)N2CCSCC2)cc1)[C@@H]1CC[C@H](C(=O)O)O1. The molecule has 2 aliphatic rings.